The molecular weight excluding hydrogens is 867 g/mol. The SMILES string of the molecule is CS(=O)(=O)n1ccc(C(=O)NC(COCc2ccc(CNC(=O)CCCCOc3cccc4c3C(=O)N(C3CCC(=O)NC3=O)C4=O)cc2)C(=O)Nc2nc(-c3ccccc3)cs2)c1. The lowest BCUT2D eigenvalue weighted by Gasteiger charge is -2.27. The van der Waals surface area contributed by atoms with Gasteiger partial charge < -0.3 is 25.4 Å². The third-order valence-corrected chi connectivity index (χ3v) is 12.0. The number of hydrogen-bond acceptors (Lipinski definition) is 13. The number of amides is 7. The van der Waals surface area contributed by atoms with Gasteiger partial charge in [-0.2, -0.15) is 0 Å². The normalized spacial score (nSPS) is 15.3. The molecule has 2 aliphatic rings. The van der Waals surface area contributed by atoms with E-state index in [1.165, 1.54) is 29.7 Å². The fourth-order valence-electron chi connectivity index (χ4n) is 6.92. The molecule has 4 heterocycles. The molecule has 332 valence electrons. The standard InChI is InChI=1S/C44H43N7O11S2/c1-64(59,60)50-20-19-30(23-50)39(54)46-32(40(55)49-44-47-33(26-63-44)29-8-3-2-4-9-29)25-61-24-28-15-13-27(14-16-28)22-45-36(52)12-5-6-21-62-35-11-7-10-31-38(35)43(58)51(42(31)57)34-17-18-37(53)48-41(34)56/h2-4,7-11,13-16,19-20,23,26,32,34H,5-6,12,17-18,21-22,24-25H2,1H3,(H,45,52)(H,46,54)(H,47,49,55)(H,48,53,56). The third-order valence-electron chi connectivity index (χ3n) is 10.3. The first-order valence-electron chi connectivity index (χ1n) is 20.2. The number of piperidine rings is 1. The van der Waals surface area contributed by atoms with Gasteiger partial charge in [-0.15, -0.1) is 11.3 Å². The van der Waals surface area contributed by atoms with E-state index in [1.54, 1.807) is 17.5 Å². The van der Waals surface area contributed by atoms with E-state index in [2.05, 4.69) is 26.3 Å². The lowest BCUT2D eigenvalue weighted by molar-refractivity contribution is -0.136. The number of unbranched alkanes of at least 4 members (excludes halogenated alkanes) is 1. The van der Waals surface area contributed by atoms with Gasteiger partial charge in [-0.3, -0.25) is 47.8 Å². The van der Waals surface area contributed by atoms with E-state index in [0.29, 0.717) is 23.7 Å². The molecule has 7 amide bonds. The molecule has 0 radical (unpaired) electrons. The zero-order valence-electron chi connectivity index (χ0n) is 34.4. The zero-order chi connectivity index (χ0) is 45.4. The van der Waals surface area contributed by atoms with Crippen molar-refractivity contribution in [1.29, 1.82) is 0 Å². The van der Waals surface area contributed by atoms with Gasteiger partial charge in [-0.05, 0) is 48.6 Å². The molecule has 64 heavy (non-hydrogen) atoms. The average molecular weight is 910 g/mol. The Bertz CT molecular complexity index is 2700. The van der Waals surface area contributed by atoms with Crippen molar-refractivity contribution < 1.29 is 51.5 Å². The number of anilines is 1. The average Bonchev–Trinajstić information content (AvgIpc) is 4.03. The molecular formula is C44H43N7O11S2. The van der Waals surface area contributed by atoms with Crippen molar-refractivity contribution in [3.8, 4) is 17.0 Å². The molecule has 20 heteroatoms. The number of ether oxygens (including phenoxy) is 2. The largest absolute Gasteiger partial charge is 0.493 e. The van der Waals surface area contributed by atoms with Crippen LogP contribution in [0.3, 0.4) is 0 Å². The van der Waals surface area contributed by atoms with Crippen molar-refractivity contribution >= 4 is 67.8 Å². The molecule has 0 bridgehead atoms. The molecule has 0 spiro atoms. The molecule has 2 atom stereocenters. The Morgan fingerprint density at radius 3 is 2.44 bits per heavy atom. The lowest BCUT2D eigenvalue weighted by Crippen LogP contribution is -2.54. The molecule has 4 N–H and O–H groups in total. The van der Waals surface area contributed by atoms with Crippen LogP contribution in [0.2, 0.25) is 0 Å². The summed E-state index contributed by atoms with van der Waals surface area (Å²) >= 11 is 1.22. The second kappa shape index (κ2) is 20.0. The molecule has 0 aliphatic carbocycles. The Morgan fingerprint density at radius 2 is 1.70 bits per heavy atom. The molecule has 1 saturated heterocycles. The Balaban J connectivity index is 0.853. The fourth-order valence-corrected chi connectivity index (χ4v) is 8.23. The summed E-state index contributed by atoms with van der Waals surface area (Å²) in [5.74, 6) is -3.68. The molecule has 7 rings (SSSR count). The van der Waals surface area contributed by atoms with Crippen molar-refractivity contribution in [2.45, 2.75) is 57.3 Å². The van der Waals surface area contributed by atoms with Crippen LogP contribution >= 0.6 is 11.3 Å². The molecule has 1 fully saturated rings. The minimum absolute atomic E-state index is 0.0160. The highest BCUT2D eigenvalue weighted by atomic mass is 32.2. The van der Waals surface area contributed by atoms with Crippen LogP contribution in [0.4, 0.5) is 5.13 Å². The Kier molecular flexibility index (Phi) is 14.1. The number of nitrogens with one attached hydrogen (secondary N) is 4. The van der Waals surface area contributed by atoms with Crippen molar-refractivity contribution in [1.82, 2.24) is 29.8 Å². The highest BCUT2D eigenvalue weighted by molar-refractivity contribution is 7.89. The van der Waals surface area contributed by atoms with Crippen LogP contribution in [0.5, 0.6) is 5.75 Å². The second-order valence-corrected chi connectivity index (χ2v) is 17.7. The molecule has 2 unspecified atom stereocenters. The number of carbonyl (C=O) groups is 7. The van der Waals surface area contributed by atoms with E-state index in [-0.39, 0.29) is 74.0 Å². The number of hydrogen-bond donors (Lipinski definition) is 4. The van der Waals surface area contributed by atoms with E-state index >= 15 is 0 Å². The Hall–Kier alpha value is -7.03. The van der Waals surface area contributed by atoms with Crippen LogP contribution in [0.25, 0.3) is 11.3 Å². The number of carbonyl (C=O) groups excluding carboxylic acids is 7. The highest BCUT2D eigenvalue weighted by Gasteiger charge is 2.46. The summed E-state index contributed by atoms with van der Waals surface area (Å²) in [5.41, 5.74) is 3.34. The summed E-state index contributed by atoms with van der Waals surface area (Å²) in [5, 5.41) is 12.5. The van der Waals surface area contributed by atoms with Gasteiger partial charge >= 0.3 is 0 Å². The van der Waals surface area contributed by atoms with Crippen molar-refractivity contribution in [2.24, 2.45) is 0 Å². The maximum atomic E-state index is 13.5. The first-order chi connectivity index (χ1) is 30.7. The van der Waals surface area contributed by atoms with E-state index in [0.717, 1.165) is 38.0 Å². The Morgan fingerprint density at radius 1 is 0.938 bits per heavy atom. The van der Waals surface area contributed by atoms with Crippen LogP contribution in [-0.4, -0.2) is 95.2 Å². The maximum Gasteiger partial charge on any atom is 0.266 e. The highest BCUT2D eigenvalue weighted by Crippen LogP contribution is 2.34. The van der Waals surface area contributed by atoms with Gasteiger partial charge in [0, 0.05) is 42.7 Å². The summed E-state index contributed by atoms with van der Waals surface area (Å²) in [4.78, 5) is 94.9. The molecule has 18 nitrogen and oxygen atoms in total. The summed E-state index contributed by atoms with van der Waals surface area (Å²) in [7, 11) is -3.63. The lowest BCUT2D eigenvalue weighted by atomic mass is 10.0. The number of aromatic nitrogens is 2. The number of benzene rings is 3. The fraction of sp³-hybridized carbons (Fsp3) is 0.273. The van der Waals surface area contributed by atoms with Crippen LogP contribution in [-0.2, 0) is 47.1 Å². The predicted molar refractivity (Wildman–Crippen MR) is 233 cm³/mol. The van der Waals surface area contributed by atoms with Crippen molar-refractivity contribution in [3.05, 3.63) is 124 Å². The minimum Gasteiger partial charge on any atom is -0.493 e. The Labute approximate surface area is 371 Å². The summed E-state index contributed by atoms with van der Waals surface area (Å²) in [6.45, 7) is 0.303. The van der Waals surface area contributed by atoms with E-state index < -0.39 is 57.6 Å². The van der Waals surface area contributed by atoms with Gasteiger partial charge in [0.15, 0.2) is 5.13 Å². The van der Waals surface area contributed by atoms with Crippen molar-refractivity contribution in [2.75, 3.05) is 24.8 Å². The van der Waals surface area contributed by atoms with Gasteiger partial charge in [0.25, 0.3) is 23.6 Å². The van der Waals surface area contributed by atoms with Gasteiger partial charge in [0.05, 0.1) is 48.5 Å². The summed E-state index contributed by atoms with van der Waals surface area (Å²) < 4.78 is 36.5. The van der Waals surface area contributed by atoms with E-state index in [1.807, 2.05) is 54.6 Å². The van der Waals surface area contributed by atoms with Gasteiger partial charge in [0.1, 0.15) is 17.8 Å². The number of imide groups is 2. The van der Waals surface area contributed by atoms with E-state index in [4.69, 9.17) is 9.47 Å². The monoisotopic (exact) mass is 909 g/mol. The van der Waals surface area contributed by atoms with Crippen molar-refractivity contribution in [3.63, 3.8) is 0 Å². The first-order valence-corrected chi connectivity index (χ1v) is 22.9. The number of fused-ring (bicyclic) bond motifs is 1. The topological polar surface area (TPSA) is 241 Å². The van der Waals surface area contributed by atoms with Crippen LogP contribution in [0.15, 0.2) is 96.6 Å². The molecule has 0 saturated carbocycles. The number of rotatable bonds is 19. The third kappa shape index (κ3) is 10.9. The van der Waals surface area contributed by atoms with Gasteiger partial charge in [-0.25, -0.2) is 13.4 Å². The van der Waals surface area contributed by atoms with E-state index in [9.17, 15) is 42.0 Å². The molecule has 3 aromatic carbocycles. The number of nitrogens with zero attached hydrogens (tertiary/aromatic N) is 3. The molecule has 2 aromatic heterocycles. The smallest absolute Gasteiger partial charge is 0.266 e. The minimum atomic E-state index is -3.63. The van der Waals surface area contributed by atoms with Gasteiger partial charge in [0.2, 0.25) is 27.7 Å². The maximum absolute atomic E-state index is 13.5. The zero-order valence-corrected chi connectivity index (χ0v) is 36.0. The molecule has 2 aliphatic heterocycles. The number of thiazole rings is 1. The van der Waals surface area contributed by atoms with Crippen LogP contribution in [0, 0.1) is 0 Å². The quantitative estimate of drug-likeness (QED) is 0.0686. The summed E-state index contributed by atoms with van der Waals surface area (Å²) in [6.07, 6.45) is 4.64. The second-order valence-electron chi connectivity index (χ2n) is 15.0. The summed E-state index contributed by atoms with van der Waals surface area (Å²) in [6, 6.07) is 20.4. The predicted octanol–water partition coefficient (Wildman–Crippen LogP) is 3.64. The molecule has 5 aromatic rings. The van der Waals surface area contributed by atoms with Crippen LogP contribution in [0.1, 0.15) is 74.3 Å². The first kappa shape index (κ1) is 45.0. The van der Waals surface area contributed by atoms with Gasteiger partial charge in [-0.1, -0.05) is 60.7 Å². The van der Waals surface area contributed by atoms with Crippen LogP contribution < -0.4 is 26.0 Å².